The minimum absolute atomic E-state index is 0.0648. The number of imide groups is 1. The first-order chi connectivity index (χ1) is 10.2. The van der Waals surface area contributed by atoms with E-state index in [2.05, 4.69) is 0 Å². The standard InChI is InChI=1S/C16H22N2O3/c19-14(17-9-5-1-2-6-10-17)11-18-15(20)12-7-3-4-8-13(12)16(18)21/h3-4,12-13H,1-2,5-11H2/t12-,13+. The Hall–Kier alpha value is -1.65. The lowest BCUT2D eigenvalue weighted by Gasteiger charge is -2.23. The Morgan fingerprint density at radius 2 is 1.48 bits per heavy atom. The van der Waals surface area contributed by atoms with Gasteiger partial charge >= 0.3 is 0 Å². The Balaban J connectivity index is 1.65. The molecule has 2 saturated heterocycles. The van der Waals surface area contributed by atoms with Crippen molar-refractivity contribution in [3.8, 4) is 0 Å². The Bertz CT molecular complexity index is 452. The molecule has 0 aromatic heterocycles. The van der Waals surface area contributed by atoms with Gasteiger partial charge in [-0.15, -0.1) is 0 Å². The second kappa shape index (κ2) is 6.00. The molecule has 21 heavy (non-hydrogen) atoms. The number of rotatable bonds is 2. The van der Waals surface area contributed by atoms with Crippen molar-refractivity contribution in [1.82, 2.24) is 9.80 Å². The Morgan fingerprint density at radius 3 is 2.00 bits per heavy atom. The molecule has 3 amide bonds. The molecule has 0 radical (unpaired) electrons. The van der Waals surface area contributed by atoms with E-state index < -0.39 is 0 Å². The van der Waals surface area contributed by atoms with E-state index in [1.165, 1.54) is 4.90 Å². The van der Waals surface area contributed by atoms with E-state index in [0.29, 0.717) is 12.8 Å². The lowest BCUT2D eigenvalue weighted by Crippen LogP contribution is -2.43. The van der Waals surface area contributed by atoms with Crippen molar-refractivity contribution in [3.05, 3.63) is 12.2 Å². The van der Waals surface area contributed by atoms with E-state index >= 15 is 0 Å². The summed E-state index contributed by atoms with van der Waals surface area (Å²) in [5.74, 6) is -0.862. The largest absolute Gasteiger partial charge is 0.341 e. The number of likely N-dealkylation sites (tertiary alicyclic amines) is 2. The predicted octanol–water partition coefficient (Wildman–Crippen LogP) is 1.34. The molecule has 2 atom stereocenters. The van der Waals surface area contributed by atoms with Gasteiger partial charge in [-0.2, -0.15) is 0 Å². The molecule has 0 N–H and O–H groups in total. The van der Waals surface area contributed by atoms with Crippen LogP contribution >= 0.6 is 0 Å². The van der Waals surface area contributed by atoms with Gasteiger partial charge in [0.05, 0.1) is 11.8 Å². The molecule has 2 aliphatic heterocycles. The number of carbonyl (C=O) groups is 3. The quantitative estimate of drug-likeness (QED) is 0.569. The third-order valence-corrected chi connectivity index (χ3v) is 4.85. The van der Waals surface area contributed by atoms with Crippen LogP contribution < -0.4 is 0 Å². The lowest BCUT2D eigenvalue weighted by molar-refractivity contribution is -0.146. The van der Waals surface area contributed by atoms with Crippen LogP contribution in [0, 0.1) is 11.8 Å². The van der Waals surface area contributed by atoms with Gasteiger partial charge < -0.3 is 4.90 Å². The van der Waals surface area contributed by atoms with Crippen LogP contribution in [-0.2, 0) is 14.4 Å². The average Bonchev–Trinajstić information content (AvgIpc) is 2.72. The number of hydrogen-bond acceptors (Lipinski definition) is 3. The van der Waals surface area contributed by atoms with Crippen LogP contribution in [0.3, 0.4) is 0 Å². The number of fused-ring (bicyclic) bond motifs is 1. The Kier molecular flexibility index (Phi) is 4.08. The highest BCUT2D eigenvalue weighted by atomic mass is 16.2. The third-order valence-electron chi connectivity index (χ3n) is 4.85. The molecule has 5 heteroatoms. The minimum Gasteiger partial charge on any atom is -0.341 e. The summed E-state index contributed by atoms with van der Waals surface area (Å²) in [6.45, 7) is 1.44. The molecule has 3 rings (SSSR count). The van der Waals surface area contributed by atoms with Crippen LogP contribution in [0.2, 0.25) is 0 Å². The van der Waals surface area contributed by atoms with Crippen molar-refractivity contribution in [2.24, 2.45) is 11.8 Å². The molecule has 3 aliphatic rings. The van der Waals surface area contributed by atoms with Crippen molar-refractivity contribution < 1.29 is 14.4 Å². The van der Waals surface area contributed by atoms with Gasteiger partial charge in [0.25, 0.3) is 0 Å². The van der Waals surface area contributed by atoms with Gasteiger partial charge in [0.2, 0.25) is 17.7 Å². The van der Waals surface area contributed by atoms with Crippen molar-refractivity contribution in [1.29, 1.82) is 0 Å². The molecule has 114 valence electrons. The first-order valence-corrected chi connectivity index (χ1v) is 7.96. The van der Waals surface area contributed by atoms with Crippen molar-refractivity contribution in [2.45, 2.75) is 38.5 Å². The predicted molar refractivity (Wildman–Crippen MR) is 77.1 cm³/mol. The summed E-state index contributed by atoms with van der Waals surface area (Å²) in [4.78, 5) is 40.1. The summed E-state index contributed by atoms with van der Waals surface area (Å²) in [7, 11) is 0. The van der Waals surface area contributed by atoms with Crippen LogP contribution in [0.25, 0.3) is 0 Å². The van der Waals surface area contributed by atoms with Crippen LogP contribution in [-0.4, -0.2) is 47.2 Å². The summed E-state index contributed by atoms with van der Waals surface area (Å²) in [6, 6.07) is 0. The molecule has 5 nitrogen and oxygen atoms in total. The maximum atomic E-state index is 12.4. The van der Waals surface area contributed by atoms with Gasteiger partial charge in [-0.3, -0.25) is 19.3 Å². The number of hydrogen-bond donors (Lipinski definition) is 0. The first kappa shape index (κ1) is 14.3. The summed E-state index contributed by atoms with van der Waals surface area (Å²) < 4.78 is 0. The maximum Gasteiger partial charge on any atom is 0.242 e. The summed E-state index contributed by atoms with van der Waals surface area (Å²) >= 11 is 0. The zero-order valence-corrected chi connectivity index (χ0v) is 12.3. The topological polar surface area (TPSA) is 57.7 Å². The Morgan fingerprint density at radius 1 is 0.952 bits per heavy atom. The summed E-state index contributed by atoms with van der Waals surface area (Å²) in [5.41, 5.74) is 0. The van der Waals surface area contributed by atoms with Gasteiger partial charge in [0.1, 0.15) is 6.54 Å². The number of carbonyl (C=O) groups excluding carboxylic acids is 3. The number of allylic oxidation sites excluding steroid dienone is 2. The first-order valence-electron chi connectivity index (χ1n) is 7.96. The van der Waals surface area contributed by atoms with Crippen LogP contribution in [0.4, 0.5) is 0 Å². The highest BCUT2D eigenvalue weighted by molar-refractivity contribution is 6.07. The van der Waals surface area contributed by atoms with Gasteiger partial charge in [0, 0.05) is 13.1 Å². The average molecular weight is 290 g/mol. The molecular weight excluding hydrogens is 268 g/mol. The number of nitrogens with zero attached hydrogens (tertiary/aromatic N) is 2. The molecule has 2 heterocycles. The normalized spacial score (nSPS) is 29.5. The van der Waals surface area contributed by atoms with E-state index in [4.69, 9.17) is 0 Å². The fourth-order valence-corrected chi connectivity index (χ4v) is 3.58. The third kappa shape index (κ3) is 2.74. The maximum absolute atomic E-state index is 12.4. The molecule has 0 unspecified atom stereocenters. The zero-order chi connectivity index (χ0) is 14.8. The minimum atomic E-state index is -0.237. The van der Waals surface area contributed by atoms with Gasteiger partial charge in [-0.1, -0.05) is 25.0 Å². The molecular formula is C16H22N2O3. The smallest absolute Gasteiger partial charge is 0.242 e. The summed E-state index contributed by atoms with van der Waals surface area (Å²) in [6.07, 6.45) is 9.53. The SMILES string of the molecule is O=C(CN1C(=O)[C@H]2CC=CC[C@H]2C1=O)N1CCCCCC1. The fourth-order valence-electron chi connectivity index (χ4n) is 3.58. The highest BCUT2D eigenvalue weighted by Gasteiger charge is 2.47. The fraction of sp³-hybridized carbons (Fsp3) is 0.688. The number of amides is 3. The van der Waals surface area contributed by atoms with Gasteiger partial charge in [-0.05, 0) is 25.7 Å². The van der Waals surface area contributed by atoms with Gasteiger partial charge in [0.15, 0.2) is 0 Å². The van der Waals surface area contributed by atoms with Crippen LogP contribution in [0.1, 0.15) is 38.5 Å². The molecule has 0 aromatic rings. The van der Waals surface area contributed by atoms with Crippen LogP contribution in [0.5, 0.6) is 0 Å². The lowest BCUT2D eigenvalue weighted by atomic mass is 9.85. The Labute approximate surface area is 125 Å². The zero-order valence-electron chi connectivity index (χ0n) is 12.3. The second-order valence-electron chi connectivity index (χ2n) is 6.21. The molecule has 0 saturated carbocycles. The van der Waals surface area contributed by atoms with E-state index in [9.17, 15) is 14.4 Å². The van der Waals surface area contributed by atoms with E-state index in [-0.39, 0.29) is 36.1 Å². The van der Waals surface area contributed by atoms with Gasteiger partial charge in [-0.25, -0.2) is 0 Å². The monoisotopic (exact) mass is 290 g/mol. The van der Waals surface area contributed by atoms with Crippen molar-refractivity contribution in [3.63, 3.8) is 0 Å². The molecule has 1 aliphatic carbocycles. The molecule has 0 spiro atoms. The van der Waals surface area contributed by atoms with Crippen molar-refractivity contribution in [2.75, 3.05) is 19.6 Å². The van der Waals surface area contributed by atoms with Crippen molar-refractivity contribution >= 4 is 17.7 Å². The van der Waals surface area contributed by atoms with Crippen LogP contribution in [0.15, 0.2) is 12.2 Å². The van der Waals surface area contributed by atoms with E-state index in [1.54, 1.807) is 0 Å². The summed E-state index contributed by atoms with van der Waals surface area (Å²) in [5, 5.41) is 0. The molecule has 2 fully saturated rings. The highest BCUT2D eigenvalue weighted by Crippen LogP contribution is 2.34. The van der Waals surface area contributed by atoms with E-state index in [0.717, 1.165) is 38.8 Å². The molecule has 0 aromatic carbocycles. The second-order valence-corrected chi connectivity index (χ2v) is 6.21. The van der Waals surface area contributed by atoms with E-state index in [1.807, 2.05) is 17.1 Å². The molecule has 0 bridgehead atoms.